The van der Waals surface area contributed by atoms with Crippen LogP contribution >= 0.6 is 0 Å². The molecule has 2 rings (SSSR count). The summed E-state index contributed by atoms with van der Waals surface area (Å²) in [7, 11) is 1.72. The summed E-state index contributed by atoms with van der Waals surface area (Å²) in [5.74, 6) is -0.160. The van der Waals surface area contributed by atoms with Crippen LogP contribution in [0.25, 0.3) is 0 Å². The molecular formula is C20H28N2O6. The molecule has 1 aliphatic heterocycles. The molecule has 1 atom stereocenters. The standard InChI is InChI=1S/C20H28N2O6/c1-15(23)16-5-7-17(8-6-16)27-10-3-4-19(24)22-9-11-28-18(13-22)12-21(2)14-20(25)26/h5-8,18H,3-4,9-14H2,1-2H3,(H,25,26). The maximum atomic E-state index is 12.4. The van der Waals surface area contributed by atoms with Gasteiger partial charge in [-0.25, -0.2) is 0 Å². The van der Waals surface area contributed by atoms with E-state index in [2.05, 4.69) is 0 Å². The molecule has 1 heterocycles. The second-order valence-electron chi connectivity index (χ2n) is 6.96. The number of carboxylic acids is 1. The van der Waals surface area contributed by atoms with Gasteiger partial charge in [0.2, 0.25) is 5.91 Å². The number of amides is 1. The first-order valence-electron chi connectivity index (χ1n) is 9.38. The van der Waals surface area contributed by atoms with Crippen molar-refractivity contribution < 1.29 is 29.0 Å². The Hall–Kier alpha value is -2.45. The molecule has 28 heavy (non-hydrogen) atoms. The smallest absolute Gasteiger partial charge is 0.317 e. The Morgan fingerprint density at radius 2 is 2.00 bits per heavy atom. The topological polar surface area (TPSA) is 96.4 Å². The molecule has 0 aliphatic carbocycles. The van der Waals surface area contributed by atoms with Gasteiger partial charge in [0.1, 0.15) is 5.75 Å². The lowest BCUT2D eigenvalue weighted by molar-refractivity contribution is -0.142. The third kappa shape index (κ3) is 7.28. The van der Waals surface area contributed by atoms with Gasteiger partial charge in [-0.3, -0.25) is 19.3 Å². The van der Waals surface area contributed by atoms with Gasteiger partial charge >= 0.3 is 5.97 Å². The van der Waals surface area contributed by atoms with Crippen molar-refractivity contribution in [1.29, 1.82) is 0 Å². The Bertz CT molecular complexity index is 676. The Kier molecular flexibility index (Phi) is 8.41. The maximum absolute atomic E-state index is 12.4. The third-order valence-electron chi connectivity index (χ3n) is 4.48. The zero-order valence-electron chi connectivity index (χ0n) is 16.4. The van der Waals surface area contributed by atoms with Crippen LogP contribution in [0.15, 0.2) is 24.3 Å². The van der Waals surface area contributed by atoms with Gasteiger partial charge in [0.25, 0.3) is 0 Å². The molecule has 0 bridgehead atoms. The highest BCUT2D eigenvalue weighted by Crippen LogP contribution is 2.14. The fourth-order valence-electron chi connectivity index (χ4n) is 3.06. The summed E-state index contributed by atoms with van der Waals surface area (Å²) < 4.78 is 11.3. The quantitative estimate of drug-likeness (QED) is 0.473. The molecule has 8 heteroatoms. The van der Waals surface area contributed by atoms with E-state index in [-0.39, 0.29) is 24.3 Å². The number of carboxylic acid groups (broad SMARTS) is 1. The predicted octanol–water partition coefficient (Wildman–Crippen LogP) is 1.29. The molecule has 154 valence electrons. The number of rotatable bonds is 10. The van der Waals surface area contributed by atoms with Crippen LogP contribution in [-0.4, -0.2) is 85.1 Å². The number of benzene rings is 1. The van der Waals surface area contributed by atoms with E-state index >= 15 is 0 Å². The monoisotopic (exact) mass is 392 g/mol. The Morgan fingerprint density at radius 1 is 1.29 bits per heavy atom. The second-order valence-corrected chi connectivity index (χ2v) is 6.96. The Balaban J connectivity index is 1.69. The average Bonchev–Trinajstić information content (AvgIpc) is 2.65. The number of Topliss-reactive ketones (excluding diaryl/α,β-unsaturated/α-hetero) is 1. The van der Waals surface area contributed by atoms with Crippen molar-refractivity contribution >= 4 is 17.7 Å². The summed E-state index contributed by atoms with van der Waals surface area (Å²) in [6.07, 6.45) is 0.787. The van der Waals surface area contributed by atoms with Gasteiger partial charge in [-0.2, -0.15) is 0 Å². The number of likely N-dealkylation sites (N-methyl/N-ethyl adjacent to an activating group) is 1. The molecule has 1 amide bonds. The van der Waals surface area contributed by atoms with E-state index < -0.39 is 5.97 Å². The molecule has 8 nitrogen and oxygen atoms in total. The molecule has 0 spiro atoms. The van der Waals surface area contributed by atoms with Gasteiger partial charge in [0.15, 0.2) is 5.78 Å². The number of ether oxygens (including phenoxy) is 2. The minimum Gasteiger partial charge on any atom is -0.494 e. The Morgan fingerprint density at radius 3 is 2.64 bits per heavy atom. The zero-order chi connectivity index (χ0) is 20.5. The molecule has 0 saturated carbocycles. The van der Waals surface area contributed by atoms with E-state index in [1.165, 1.54) is 6.92 Å². The average molecular weight is 392 g/mol. The van der Waals surface area contributed by atoms with Crippen LogP contribution < -0.4 is 4.74 Å². The van der Waals surface area contributed by atoms with Crippen molar-refractivity contribution in [2.24, 2.45) is 0 Å². The number of carbonyl (C=O) groups is 3. The van der Waals surface area contributed by atoms with E-state index in [0.29, 0.717) is 57.0 Å². The minimum absolute atomic E-state index is 0.00937. The van der Waals surface area contributed by atoms with Crippen molar-refractivity contribution in [2.45, 2.75) is 25.9 Å². The normalized spacial score (nSPS) is 16.8. The number of aliphatic carboxylic acids is 1. The van der Waals surface area contributed by atoms with Crippen LogP contribution in [0.1, 0.15) is 30.1 Å². The molecule has 0 aromatic heterocycles. The van der Waals surface area contributed by atoms with Gasteiger partial charge in [0, 0.05) is 31.6 Å². The molecule has 1 aromatic rings. The number of hydrogen-bond donors (Lipinski definition) is 1. The van der Waals surface area contributed by atoms with E-state index in [1.807, 2.05) is 0 Å². The SMILES string of the molecule is CC(=O)c1ccc(OCCCC(=O)N2CCOC(CN(C)CC(=O)O)C2)cc1. The zero-order valence-corrected chi connectivity index (χ0v) is 16.4. The lowest BCUT2D eigenvalue weighted by Crippen LogP contribution is -2.49. The fourth-order valence-corrected chi connectivity index (χ4v) is 3.06. The van der Waals surface area contributed by atoms with Crippen LogP contribution in [0.5, 0.6) is 5.75 Å². The van der Waals surface area contributed by atoms with E-state index in [4.69, 9.17) is 14.6 Å². The Labute approximate surface area is 165 Å². The summed E-state index contributed by atoms with van der Waals surface area (Å²) in [6, 6.07) is 6.94. The van der Waals surface area contributed by atoms with Crippen LogP contribution in [0, 0.1) is 0 Å². The molecule has 1 N–H and O–H groups in total. The first kappa shape index (κ1) is 21.8. The summed E-state index contributed by atoms with van der Waals surface area (Å²) in [4.78, 5) is 37.8. The van der Waals surface area contributed by atoms with Crippen LogP contribution in [0.3, 0.4) is 0 Å². The predicted molar refractivity (Wildman–Crippen MR) is 103 cm³/mol. The third-order valence-corrected chi connectivity index (χ3v) is 4.48. The highest BCUT2D eigenvalue weighted by molar-refractivity contribution is 5.94. The highest BCUT2D eigenvalue weighted by Gasteiger charge is 2.25. The van der Waals surface area contributed by atoms with Gasteiger partial charge in [0.05, 0.1) is 25.9 Å². The van der Waals surface area contributed by atoms with Crippen molar-refractivity contribution in [1.82, 2.24) is 9.80 Å². The molecule has 1 saturated heterocycles. The number of ketones is 1. The van der Waals surface area contributed by atoms with Crippen molar-refractivity contribution in [3.63, 3.8) is 0 Å². The van der Waals surface area contributed by atoms with Gasteiger partial charge in [-0.1, -0.05) is 0 Å². The maximum Gasteiger partial charge on any atom is 0.317 e. The molecule has 1 aliphatic rings. The summed E-state index contributed by atoms with van der Waals surface area (Å²) in [5.41, 5.74) is 0.637. The van der Waals surface area contributed by atoms with Crippen molar-refractivity contribution in [3.05, 3.63) is 29.8 Å². The van der Waals surface area contributed by atoms with Crippen molar-refractivity contribution in [2.75, 3.05) is 46.4 Å². The van der Waals surface area contributed by atoms with Gasteiger partial charge < -0.3 is 19.5 Å². The first-order chi connectivity index (χ1) is 13.3. The van der Waals surface area contributed by atoms with E-state index in [0.717, 1.165) is 0 Å². The summed E-state index contributed by atoms with van der Waals surface area (Å²) >= 11 is 0. The number of nitrogens with zero attached hydrogens (tertiary/aromatic N) is 2. The van der Waals surface area contributed by atoms with E-state index in [9.17, 15) is 14.4 Å². The molecule has 1 fully saturated rings. The summed E-state index contributed by atoms with van der Waals surface area (Å²) in [5, 5.41) is 8.82. The molecular weight excluding hydrogens is 364 g/mol. The minimum atomic E-state index is -0.887. The van der Waals surface area contributed by atoms with Crippen molar-refractivity contribution in [3.8, 4) is 5.75 Å². The first-order valence-corrected chi connectivity index (χ1v) is 9.38. The molecule has 1 aromatic carbocycles. The fraction of sp³-hybridized carbons (Fsp3) is 0.550. The van der Waals surface area contributed by atoms with E-state index in [1.54, 1.807) is 41.1 Å². The van der Waals surface area contributed by atoms with Crippen LogP contribution in [0.2, 0.25) is 0 Å². The highest BCUT2D eigenvalue weighted by atomic mass is 16.5. The number of morpholine rings is 1. The lowest BCUT2D eigenvalue weighted by Gasteiger charge is -2.34. The van der Waals surface area contributed by atoms with Crippen LogP contribution in [-0.2, 0) is 14.3 Å². The second kappa shape index (κ2) is 10.8. The summed E-state index contributed by atoms with van der Waals surface area (Å²) in [6.45, 7) is 3.81. The lowest BCUT2D eigenvalue weighted by atomic mass is 10.1. The van der Waals surface area contributed by atoms with Gasteiger partial charge in [-0.15, -0.1) is 0 Å². The largest absolute Gasteiger partial charge is 0.494 e. The number of hydrogen-bond acceptors (Lipinski definition) is 6. The number of carbonyl (C=O) groups excluding carboxylic acids is 2. The molecule has 0 radical (unpaired) electrons. The van der Waals surface area contributed by atoms with Crippen LogP contribution in [0.4, 0.5) is 0 Å². The van der Waals surface area contributed by atoms with Gasteiger partial charge in [-0.05, 0) is 44.7 Å². The molecule has 1 unspecified atom stereocenters.